The van der Waals surface area contributed by atoms with Crippen LogP contribution in [0.4, 0.5) is 0 Å². The third-order valence-electron chi connectivity index (χ3n) is 3.34. The molecular formula is C16H17N5. The van der Waals surface area contributed by atoms with Gasteiger partial charge in [-0.05, 0) is 31.5 Å². The van der Waals surface area contributed by atoms with Crippen molar-refractivity contribution in [2.45, 2.75) is 26.3 Å². The van der Waals surface area contributed by atoms with E-state index in [1.807, 2.05) is 30.3 Å². The lowest BCUT2D eigenvalue weighted by Gasteiger charge is -2.18. The Hall–Kier alpha value is -2.63. The largest absolute Gasteiger partial charge is 0.310 e. The van der Waals surface area contributed by atoms with Crippen molar-refractivity contribution in [1.29, 1.82) is 10.5 Å². The monoisotopic (exact) mass is 279 g/mol. The van der Waals surface area contributed by atoms with Gasteiger partial charge in [-0.1, -0.05) is 25.1 Å². The molecule has 106 valence electrons. The molecule has 2 rings (SSSR count). The molecule has 5 nitrogen and oxygen atoms in total. The molecule has 0 fully saturated rings. The number of benzene rings is 1. The smallest absolute Gasteiger partial charge is 0.177 e. The van der Waals surface area contributed by atoms with Gasteiger partial charge in [-0.25, -0.2) is 4.98 Å². The summed E-state index contributed by atoms with van der Waals surface area (Å²) in [6.45, 7) is 5.13. The van der Waals surface area contributed by atoms with Gasteiger partial charge in [0.15, 0.2) is 11.4 Å². The Bertz CT molecular complexity index is 702. The molecule has 0 radical (unpaired) electrons. The van der Waals surface area contributed by atoms with Crippen molar-refractivity contribution in [1.82, 2.24) is 14.9 Å². The molecule has 0 saturated heterocycles. The number of aromatic nitrogens is 2. The highest BCUT2D eigenvalue weighted by Gasteiger charge is 2.16. The van der Waals surface area contributed by atoms with E-state index >= 15 is 0 Å². The average molecular weight is 279 g/mol. The van der Waals surface area contributed by atoms with Gasteiger partial charge in [-0.2, -0.15) is 10.5 Å². The first kappa shape index (κ1) is 14.8. The number of nitrogens with zero attached hydrogens (tertiary/aromatic N) is 4. The van der Waals surface area contributed by atoms with Crippen LogP contribution in [0.1, 0.15) is 43.3 Å². The quantitative estimate of drug-likeness (QED) is 0.912. The number of hydrogen-bond acceptors (Lipinski definition) is 4. The highest BCUT2D eigenvalue weighted by Crippen LogP contribution is 2.23. The van der Waals surface area contributed by atoms with Gasteiger partial charge in [0.1, 0.15) is 18.5 Å². The Balaban J connectivity index is 2.49. The standard InChI is InChI=1S/C16H17N5/c1-3-8-19-12(2)13-6-4-5-7-15(13)21-11-20-14(9-17)16(21)10-18/h4-7,11-12,19H,3,8H2,1-2H3. The maximum absolute atomic E-state index is 9.27. The molecule has 1 heterocycles. The van der Waals surface area contributed by atoms with Gasteiger partial charge in [-0.3, -0.25) is 4.57 Å². The maximum Gasteiger partial charge on any atom is 0.177 e. The molecule has 0 aliphatic carbocycles. The van der Waals surface area contributed by atoms with E-state index in [1.54, 1.807) is 4.57 Å². The van der Waals surface area contributed by atoms with E-state index in [0.717, 1.165) is 24.2 Å². The molecule has 21 heavy (non-hydrogen) atoms. The molecule has 0 saturated carbocycles. The van der Waals surface area contributed by atoms with Crippen LogP contribution in [0.15, 0.2) is 30.6 Å². The zero-order valence-electron chi connectivity index (χ0n) is 12.2. The molecule has 0 amide bonds. The second-order valence-electron chi connectivity index (χ2n) is 4.77. The van der Waals surface area contributed by atoms with Gasteiger partial charge in [0.2, 0.25) is 0 Å². The minimum absolute atomic E-state index is 0.153. The maximum atomic E-state index is 9.27. The third kappa shape index (κ3) is 2.94. The van der Waals surface area contributed by atoms with E-state index in [-0.39, 0.29) is 17.4 Å². The summed E-state index contributed by atoms with van der Waals surface area (Å²) in [5.74, 6) is 0. The SMILES string of the molecule is CCCNC(C)c1ccccc1-n1cnc(C#N)c1C#N. The number of nitriles is 2. The Morgan fingerprint density at radius 2 is 2.05 bits per heavy atom. The van der Waals surface area contributed by atoms with Crippen LogP contribution in [-0.2, 0) is 0 Å². The van der Waals surface area contributed by atoms with E-state index in [4.69, 9.17) is 5.26 Å². The van der Waals surface area contributed by atoms with Gasteiger partial charge in [-0.15, -0.1) is 0 Å². The number of rotatable bonds is 5. The fourth-order valence-electron chi connectivity index (χ4n) is 2.26. The Morgan fingerprint density at radius 1 is 1.29 bits per heavy atom. The van der Waals surface area contributed by atoms with Gasteiger partial charge in [0.25, 0.3) is 0 Å². The van der Waals surface area contributed by atoms with Crippen LogP contribution in [0.5, 0.6) is 0 Å². The predicted octanol–water partition coefficient (Wildman–Crippen LogP) is 2.68. The van der Waals surface area contributed by atoms with Crippen molar-refractivity contribution in [2.75, 3.05) is 6.54 Å². The normalized spacial score (nSPS) is 11.6. The first-order valence-corrected chi connectivity index (χ1v) is 6.93. The summed E-state index contributed by atoms with van der Waals surface area (Å²) in [4.78, 5) is 4.00. The lowest BCUT2D eigenvalue weighted by atomic mass is 10.1. The van der Waals surface area contributed by atoms with Crippen molar-refractivity contribution in [3.8, 4) is 17.8 Å². The summed E-state index contributed by atoms with van der Waals surface area (Å²) in [5.41, 5.74) is 2.37. The van der Waals surface area contributed by atoms with Crippen molar-refractivity contribution >= 4 is 0 Å². The molecule has 1 N–H and O–H groups in total. The lowest BCUT2D eigenvalue weighted by molar-refractivity contribution is 0.568. The average Bonchev–Trinajstić information content (AvgIpc) is 2.95. The summed E-state index contributed by atoms with van der Waals surface area (Å²) < 4.78 is 1.68. The van der Waals surface area contributed by atoms with Crippen LogP contribution >= 0.6 is 0 Å². The van der Waals surface area contributed by atoms with Crippen molar-refractivity contribution in [3.63, 3.8) is 0 Å². The molecule has 2 aromatic rings. The molecule has 1 aromatic carbocycles. The Morgan fingerprint density at radius 3 is 2.71 bits per heavy atom. The Labute approximate surface area is 124 Å². The van der Waals surface area contributed by atoms with E-state index in [1.165, 1.54) is 6.33 Å². The fraction of sp³-hybridized carbons (Fsp3) is 0.312. The number of hydrogen-bond donors (Lipinski definition) is 1. The number of para-hydroxylation sites is 1. The molecule has 1 unspecified atom stereocenters. The first-order valence-electron chi connectivity index (χ1n) is 6.93. The van der Waals surface area contributed by atoms with Gasteiger partial charge >= 0.3 is 0 Å². The second kappa shape index (κ2) is 6.69. The molecule has 1 atom stereocenters. The predicted molar refractivity (Wildman–Crippen MR) is 79.7 cm³/mol. The van der Waals surface area contributed by atoms with Gasteiger partial charge < -0.3 is 5.32 Å². The molecule has 0 bridgehead atoms. The van der Waals surface area contributed by atoms with Crippen LogP contribution in [-0.4, -0.2) is 16.1 Å². The zero-order valence-corrected chi connectivity index (χ0v) is 12.2. The minimum atomic E-state index is 0.153. The second-order valence-corrected chi connectivity index (χ2v) is 4.77. The van der Waals surface area contributed by atoms with Crippen molar-refractivity contribution in [3.05, 3.63) is 47.5 Å². The van der Waals surface area contributed by atoms with Gasteiger partial charge in [0.05, 0.1) is 5.69 Å². The van der Waals surface area contributed by atoms with Gasteiger partial charge in [0, 0.05) is 6.04 Å². The Kier molecular flexibility index (Phi) is 4.71. The van der Waals surface area contributed by atoms with E-state index in [9.17, 15) is 5.26 Å². The summed E-state index contributed by atoms with van der Waals surface area (Å²) in [6, 6.07) is 12.0. The van der Waals surface area contributed by atoms with E-state index in [0.29, 0.717) is 0 Å². The molecule has 0 aliphatic rings. The third-order valence-corrected chi connectivity index (χ3v) is 3.34. The summed E-state index contributed by atoms with van der Waals surface area (Å²) >= 11 is 0. The van der Waals surface area contributed by atoms with Crippen LogP contribution in [0.2, 0.25) is 0 Å². The highest BCUT2D eigenvalue weighted by atomic mass is 15.1. The molecule has 0 spiro atoms. The van der Waals surface area contributed by atoms with Crippen LogP contribution < -0.4 is 5.32 Å². The fourth-order valence-corrected chi connectivity index (χ4v) is 2.26. The summed E-state index contributed by atoms with van der Waals surface area (Å²) in [6.07, 6.45) is 2.59. The molecule has 0 aliphatic heterocycles. The van der Waals surface area contributed by atoms with Crippen LogP contribution in [0.25, 0.3) is 5.69 Å². The molecule has 5 heteroatoms. The minimum Gasteiger partial charge on any atom is -0.310 e. The first-order chi connectivity index (χ1) is 10.2. The number of imidazole rings is 1. The van der Waals surface area contributed by atoms with Crippen LogP contribution in [0, 0.1) is 22.7 Å². The highest BCUT2D eigenvalue weighted by molar-refractivity contribution is 5.49. The van der Waals surface area contributed by atoms with E-state index < -0.39 is 0 Å². The molecular weight excluding hydrogens is 262 g/mol. The topological polar surface area (TPSA) is 77.4 Å². The van der Waals surface area contributed by atoms with Crippen molar-refractivity contribution in [2.24, 2.45) is 0 Å². The summed E-state index contributed by atoms with van der Waals surface area (Å²) in [7, 11) is 0. The van der Waals surface area contributed by atoms with E-state index in [2.05, 4.69) is 30.2 Å². The zero-order chi connectivity index (χ0) is 15.2. The van der Waals surface area contributed by atoms with Crippen LogP contribution in [0.3, 0.4) is 0 Å². The molecule has 1 aromatic heterocycles. The number of nitrogens with one attached hydrogen (secondary N) is 1. The summed E-state index contributed by atoms with van der Waals surface area (Å²) in [5, 5.41) is 21.7. The lowest BCUT2D eigenvalue weighted by Crippen LogP contribution is -2.20. The van der Waals surface area contributed by atoms with Crippen molar-refractivity contribution < 1.29 is 0 Å².